The van der Waals surface area contributed by atoms with E-state index < -0.39 is 5.60 Å². The van der Waals surface area contributed by atoms with Crippen molar-refractivity contribution >= 4 is 45.7 Å². The Labute approximate surface area is 200 Å². The summed E-state index contributed by atoms with van der Waals surface area (Å²) in [6, 6.07) is 5.70. The van der Waals surface area contributed by atoms with Crippen LogP contribution in [0.4, 0.5) is 10.5 Å². The Morgan fingerprint density at radius 1 is 1.27 bits per heavy atom. The number of thioether (sulfide) groups is 1. The number of nitrogens with one attached hydrogen (secondary N) is 1. The molecule has 11 heteroatoms. The number of fused-ring (bicyclic) bond motifs is 1. The maximum Gasteiger partial charge on any atom is 0.410 e. The molecule has 1 fully saturated rings. The first kappa shape index (κ1) is 23.5. The second-order valence-corrected chi connectivity index (χ2v) is 11.3. The van der Waals surface area contributed by atoms with Gasteiger partial charge in [-0.3, -0.25) is 9.69 Å². The van der Waals surface area contributed by atoms with Crippen LogP contribution in [0.1, 0.15) is 56.6 Å². The average Bonchev–Trinajstić information content (AvgIpc) is 3.42. The topological polar surface area (TPSA) is 102 Å². The Morgan fingerprint density at radius 3 is 2.79 bits per heavy atom. The number of anilines is 1. The molecule has 2 amide bonds. The molecule has 0 bridgehead atoms. The summed E-state index contributed by atoms with van der Waals surface area (Å²) in [7, 11) is 0. The van der Waals surface area contributed by atoms with Crippen molar-refractivity contribution in [3.05, 3.63) is 35.2 Å². The molecule has 9 nitrogen and oxygen atoms in total. The number of benzene rings is 1. The molecular formula is C22H28N6O3S2. The lowest BCUT2D eigenvalue weighted by atomic mass is 10.1. The van der Waals surface area contributed by atoms with Gasteiger partial charge in [0.15, 0.2) is 10.2 Å². The van der Waals surface area contributed by atoms with E-state index in [1.54, 1.807) is 9.42 Å². The van der Waals surface area contributed by atoms with Gasteiger partial charge in [0.25, 0.3) is 0 Å². The summed E-state index contributed by atoms with van der Waals surface area (Å²) >= 11 is 2.73. The van der Waals surface area contributed by atoms with Crippen LogP contribution in [0.15, 0.2) is 22.5 Å². The molecule has 33 heavy (non-hydrogen) atoms. The molecule has 3 aromatic rings. The number of amides is 2. The Morgan fingerprint density at radius 2 is 2.06 bits per heavy atom. The van der Waals surface area contributed by atoms with Crippen molar-refractivity contribution in [1.82, 2.24) is 24.7 Å². The highest BCUT2D eigenvalue weighted by Crippen LogP contribution is 2.34. The van der Waals surface area contributed by atoms with Gasteiger partial charge in [-0.2, -0.15) is 4.52 Å². The van der Waals surface area contributed by atoms with Crippen molar-refractivity contribution in [3.63, 3.8) is 0 Å². The van der Waals surface area contributed by atoms with Gasteiger partial charge < -0.3 is 10.1 Å². The summed E-state index contributed by atoms with van der Waals surface area (Å²) < 4.78 is 7.96. The lowest BCUT2D eigenvalue weighted by molar-refractivity contribution is -0.113. The normalized spacial score (nSPS) is 16.4. The number of nitrogens with zero attached hydrogens (tertiary/aromatic N) is 5. The van der Waals surface area contributed by atoms with Crippen LogP contribution in [0.3, 0.4) is 0 Å². The molecular weight excluding hydrogens is 460 g/mol. The van der Waals surface area contributed by atoms with Crippen LogP contribution in [-0.2, 0) is 9.53 Å². The van der Waals surface area contributed by atoms with Crippen molar-refractivity contribution in [2.24, 2.45) is 0 Å². The van der Waals surface area contributed by atoms with Gasteiger partial charge in [0.05, 0.1) is 11.8 Å². The summed E-state index contributed by atoms with van der Waals surface area (Å²) in [5, 5.41) is 16.1. The molecule has 0 radical (unpaired) electrons. The monoisotopic (exact) mass is 488 g/mol. The fourth-order valence-corrected chi connectivity index (χ4v) is 5.41. The predicted octanol–water partition coefficient (Wildman–Crippen LogP) is 4.61. The minimum absolute atomic E-state index is 0.0926. The number of hydrogen-bond acceptors (Lipinski definition) is 8. The molecule has 1 atom stereocenters. The van der Waals surface area contributed by atoms with Gasteiger partial charge in [0.2, 0.25) is 10.9 Å². The lowest BCUT2D eigenvalue weighted by Crippen LogP contribution is -2.37. The average molecular weight is 489 g/mol. The van der Waals surface area contributed by atoms with Crippen LogP contribution in [0.5, 0.6) is 0 Å². The van der Waals surface area contributed by atoms with Gasteiger partial charge in [-0.25, -0.2) is 4.79 Å². The van der Waals surface area contributed by atoms with Gasteiger partial charge in [0.1, 0.15) is 5.60 Å². The fraction of sp³-hybridized carbons (Fsp3) is 0.500. The van der Waals surface area contributed by atoms with Gasteiger partial charge in [-0.1, -0.05) is 40.8 Å². The molecule has 2 aromatic heterocycles. The van der Waals surface area contributed by atoms with Crippen LogP contribution in [0, 0.1) is 13.8 Å². The molecule has 0 spiro atoms. The third-order valence-electron chi connectivity index (χ3n) is 5.16. The van der Waals surface area contributed by atoms with E-state index in [-0.39, 0.29) is 23.8 Å². The largest absolute Gasteiger partial charge is 0.444 e. The SMILES string of the molecule is Cc1ccc(NC(=O)CSc2nn3c(C4CCCN4C(=O)OC(C)(C)C)nnc3s2)c(C)c1. The molecule has 1 unspecified atom stereocenters. The maximum atomic E-state index is 12.7. The van der Waals surface area contributed by atoms with Crippen LogP contribution in [0.2, 0.25) is 0 Å². The minimum Gasteiger partial charge on any atom is -0.444 e. The highest BCUT2D eigenvalue weighted by molar-refractivity contribution is 8.01. The van der Waals surface area contributed by atoms with Crippen molar-refractivity contribution in [1.29, 1.82) is 0 Å². The fourth-order valence-electron chi connectivity index (χ4n) is 3.72. The molecule has 1 aromatic carbocycles. The number of aryl methyl sites for hydroxylation is 2. The van der Waals surface area contributed by atoms with Crippen LogP contribution in [0.25, 0.3) is 4.96 Å². The van der Waals surface area contributed by atoms with Gasteiger partial charge in [-0.05, 0) is 59.1 Å². The van der Waals surface area contributed by atoms with Crippen LogP contribution in [-0.4, -0.2) is 54.6 Å². The number of carbonyl (C=O) groups excluding carboxylic acids is 2. The third kappa shape index (κ3) is 5.47. The molecule has 1 saturated heterocycles. The van der Waals surface area contributed by atoms with Crippen molar-refractivity contribution in [2.45, 2.75) is 63.4 Å². The highest BCUT2D eigenvalue weighted by atomic mass is 32.2. The third-order valence-corrected chi connectivity index (χ3v) is 7.19. The summed E-state index contributed by atoms with van der Waals surface area (Å²) in [5.41, 5.74) is 2.44. The number of carbonyl (C=O) groups is 2. The lowest BCUT2D eigenvalue weighted by Gasteiger charge is -2.27. The maximum absolute atomic E-state index is 12.7. The zero-order valence-corrected chi connectivity index (χ0v) is 21.0. The molecule has 0 aliphatic carbocycles. The van der Waals surface area contributed by atoms with E-state index in [1.807, 2.05) is 52.8 Å². The molecule has 3 heterocycles. The zero-order valence-electron chi connectivity index (χ0n) is 19.4. The van der Waals surface area contributed by atoms with E-state index >= 15 is 0 Å². The van der Waals surface area contributed by atoms with Crippen LogP contribution >= 0.6 is 23.1 Å². The van der Waals surface area contributed by atoms with E-state index in [0.717, 1.165) is 34.0 Å². The molecule has 1 aliphatic heterocycles. The minimum atomic E-state index is -0.563. The second-order valence-electron chi connectivity index (χ2n) is 9.11. The molecule has 4 rings (SSSR count). The first-order chi connectivity index (χ1) is 15.6. The first-order valence-electron chi connectivity index (χ1n) is 10.8. The highest BCUT2D eigenvalue weighted by Gasteiger charge is 2.36. The Kier molecular flexibility index (Phi) is 6.62. The predicted molar refractivity (Wildman–Crippen MR) is 129 cm³/mol. The Hall–Kier alpha value is -2.66. The number of aromatic nitrogens is 4. The number of rotatable bonds is 5. The second kappa shape index (κ2) is 9.30. The summed E-state index contributed by atoms with van der Waals surface area (Å²) in [6.45, 7) is 10.2. The number of likely N-dealkylation sites (tertiary alicyclic amines) is 1. The van der Waals surface area contributed by atoms with E-state index in [9.17, 15) is 9.59 Å². The standard InChI is InChI=1S/C22H28N6O3S2/c1-13-8-9-15(14(2)11-13)23-17(29)12-32-20-26-28-18(24-25-19(28)33-20)16-7-6-10-27(16)21(30)31-22(3,4)5/h8-9,11,16H,6-7,10,12H2,1-5H3,(H,23,29). The Bertz CT molecular complexity index is 1180. The van der Waals surface area contributed by atoms with Gasteiger partial charge >= 0.3 is 6.09 Å². The van der Waals surface area contributed by atoms with Crippen molar-refractivity contribution in [3.8, 4) is 0 Å². The number of hydrogen-bond donors (Lipinski definition) is 1. The zero-order chi connectivity index (χ0) is 23.8. The van der Waals surface area contributed by atoms with Crippen molar-refractivity contribution in [2.75, 3.05) is 17.6 Å². The smallest absolute Gasteiger partial charge is 0.410 e. The molecule has 1 aliphatic rings. The summed E-state index contributed by atoms with van der Waals surface area (Å²) in [5.74, 6) is 0.765. The quantitative estimate of drug-likeness (QED) is 0.524. The van der Waals surface area contributed by atoms with Crippen molar-refractivity contribution < 1.29 is 14.3 Å². The molecule has 176 valence electrons. The Balaban J connectivity index is 1.43. The summed E-state index contributed by atoms with van der Waals surface area (Å²) in [6.07, 6.45) is 1.29. The van der Waals surface area contributed by atoms with E-state index in [2.05, 4.69) is 20.6 Å². The van der Waals surface area contributed by atoms with Crippen LogP contribution < -0.4 is 5.32 Å². The first-order valence-corrected chi connectivity index (χ1v) is 12.6. The van der Waals surface area contributed by atoms with Gasteiger partial charge in [0, 0.05) is 12.2 Å². The van der Waals surface area contributed by atoms with E-state index in [4.69, 9.17) is 4.74 Å². The van der Waals surface area contributed by atoms with E-state index in [0.29, 0.717) is 17.3 Å². The van der Waals surface area contributed by atoms with Gasteiger partial charge in [-0.15, -0.1) is 15.3 Å². The van der Waals surface area contributed by atoms with E-state index in [1.165, 1.54) is 23.1 Å². The molecule has 1 N–H and O–H groups in total. The number of ether oxygens (including phenoxy) is 1. The summed E-state index contributed by atoms with van der Waals surface area (Å²) in [4.78, 5) is 27.4. The molecule has 0 saturated carbocycles.